The summed E-state index contributed by atoms with van der Waals surface area (Å²) in [4.78, 5) is 18.8. The molecule has 0 aromatic carbocycles. The zero-order valence-corrected chi connectivity index (χ0v) is 14.3. The third kappa shape index (κ3) is 6.37. The first-order chi connectivity index (χ1) is 10.8. The maximum Gasteiger partial charge on any atom is 0.240 e. The molecule has 2 heterocycles. The average molecular weight is 322 g/mol. The van der Waals surface area contributed by atoms with Gasteiger partial charge in [0.05, 0.1) is 25.3 Å². The van der Waals surface area contributed by atoms with Gasteiger partial charge in [-0.25, -0.2) is 4.99 Å². The fraction of sp³-hybridized carbons (Fsp3) is 0.667. The van der Waals surface area contributed by atoms with Crippen LogP contribution in [0.1, 0.15) is 26.5 Å². The Balaban J connectivity index is 1.99. The Morgan fingerprint density at radius 1 is 1.43 bits per heavy atom. The number of amides is 1. The largest absolute Gasteiger partial charge is 0.379 e. The standard InChI is InChI=1S/C15H26N6O2/c1-11-9-12(20-19-11)16-14(18-15(2,3)4)17-13(22)10-21-5-7-23-8-6-21/h9H,5-8,10H2,1-4H3,(H3,16,17,18,19,20,22). The van der Waals surface area contributed by atoms with Crippen molar-refractivity contribution in [1.29, 1.82) is 0 Å². The number of guanidine groups is 1. The Hall–Kier alpha value is -1.93. The summed E-state index contributed by atoms with van der Waals surface area (Å²) in [5.41, 5.74) is 0.613. The third-order valence-corrected chi connectivity index (χ3v) is 3.13. The molecule has 3 N–H and O–H groups in total. The van der Waals surface area contributed by atoms with E-state index in [1.54, 1.807) is 0 Å². The lowest BCUT2D eigenvalue weighted by molar-refractivity contribution is -0.121. The molecule has 0 unspecified atom stereocenters. The molecule has 0 spiro atoms. The lowest BCUT2D eigenvalue weighted by Gasteiger charge is -2.26. The van der Waals surface area contributed by atoms with E-state index in [1.165, 1.54) is 0 Å². The normalized spacial score (nSPS) is 17.1. The number of morpholine rings is 1. The molecule has 0 bridgehead atoms. The Morgan fingerprint density at radius 2 is 2.13 bits per heavy atom. The van der Waals surface area contributed by atoms with Crippen molar-refractivity contribution in [2.24, 2.45) is 4.99 Å². The number of hydrogen-bond acceptors (Lipinski definition) is 5. The second-order valence-corrected chi connectivity index (χ2v) is 6.63. The topological polar surface area (TPSA) is 94.6 Å². The monoisotopic (exact) mass is 322 g/mol. The van der Waals surface area contributed by atoms with Crippen molar-refractivity contribution < 1.29 is 9.53 Å². The van der Waals surface area contributed by atoms with Gasteiger partial charge < -0.3 is 10.1 Å². The van der Waals surface area contributed by atoms with Gasteiger partial charge in [-0.1, -0.05) is 0 Å². The summed E-state index contributed by atoms with van der Waals surface area (Å²) in [7, 11) is 0. The number of carbonyl (C=O) groups is 1. The van der Waals surface area contributed by atoms with Crippen molar-refractivity contribution >= 4 is 17.7 Å². The summed E-state index contributed by atoms with van der Waals surface area (Å²) < 4.78 is 5.29. The zero-order valence-electron chi connectivity index (χ0n) is 14.3. The SMILES string of the molecule is Cc1cc(NC(=NC(C)(C)C)NC(=O)CN2CCOCC2)n[nH]1. The summed E-state index contributed by atoms with van der Waals surface area (Å²) >= 11 is 0. The number of aromatic amines is 1. The maximum absolute atomic E-state index is 12.3. The molecule has 1 amide bonds. The lowest BCUT2D eigenvalue weighted by atomic mass is 10.1. The van der Waals surface area contributed by atoms with E-state index in [-0.39, 0.29) is 11.4 Å². The van der Waals surface area contributed by atoms with Crippen LogP contribution in [0.3, 0.4) is 0 Å². The first-order valence-corrected chi connectivity index (χ1v) is 7.81. The molecule has 1 fully saturated rings. The van der Waals surface area contributed by atoms with Crippen molar-refractivity contribution in [2.75, 3.05) is 38.2 Å². The van der Waals surface area contributed by atoms with Crippen LogP contribution < -0.4 is 10.6 Å². The number of anilines is 1. The molecule has 2 rings (SSSR count). The molecular formula is C15H26N6O2. The highest BCUT2D eigenvalue weighted by molar-refractivity contribution is 6.04. The first kappa shape index (κ1) is 17.4. The van der Waals surface area contributed by atoms with Crippen LogP contribution >= 0.6 is 0 Å². The molecule has 23 heavy (non-hydrogen) atoms. The van der Waals surface area contributed by atoms with Crippen LogP contribution in [-0.2, 0) is 9.53 Å². The molecule has 1 aromatic heterocycles. The van der Waals surface area contributed by atoms with E-state index in [0.29, 0.717) is 31.5 Å². The molecule has 0 aliphatic carbocycles. The number of rotatable bonds is 3. The van der Waals surface area contributed by atoms with E-state index < -0.39 is 0 Å². The fourth-order valence-corrected chi connectivity index (χ4v) is 2.16. The van der Waals surface area contributed by atoms with E-state index >= 15 is 0 Å². The van der Waals surface area contributed by atoms with Crippen LogP contribution in [0.4, 0.5) is 5.82 Å². The summed E-state index contributed by atoms with van der Waals surface area (Å²) in [5, 5.41) is 12.9. The summed E-state index contributed by atoms with van der Waals surface area (Å²) in [5.74, 6) is 0.925. The highest BCUT2D eigenvalue weighted by Crippen LogP contribution is 2.09. The predicted molar refractivity (Wildman–Crippen MR) is 89.5 cm³/mol. The number of nitrogens with one attached hydrogen (secondary N) is 3. The van der Waals surface area contributed by atoms with Crippen LogP contribution in [0.2, 0.25) is 0 Å². The Kier molecular flexibility index (Phi) is 5.73. The Bertz CT molecular complexity index is 555. The molecule has 0 atom stereocenters. The van der Waals surface area contributed by atoms with Crippen molar-refractivity contribution in [1.82, 2.24) is 20.4 Å². The average Bonchev–Trinajstić information content (AvgIpc) is 2.83. The molecule has 1 aromatic rings. The Labute approximate surface area is 136 Å². The van der Waals surface area contributed by atoms with Crippen LogP contribution in [0.15, 0.2) is 11.1 Å². The van der Waals surface area contributed by atoms with Crippen LogP contribution in [-0.4, -0.2) is 65.4 Å². The molecule has 8 heteroatoms. The van der Waals surface area contributed by atoms with Crippen molar-refractivity contribution in [3.8, 4) is 0 Å². The number of carbonyl (C=O) groups excluding carboxylic acids is 1. The van der Waals surface area contributed by atoms with Gasteiger partial charge in [-0.3, -0.25) is 20.1 Å². The van der Waals surface area contributed by atoms with Crippen LogP contribution in [0.25, 0.3) is 0 Å². The van der Waals surface area contributed by atoms with Gasteiger partial charge in [-0.05, 0) is 27.7 Å². The van der Waals surface area contributed by atoms with E-state index in [4.69, 9.17) is 4.74 Å². The Morgan fingerprint density at radius 3 is 2.70 bits per heavy atom. The minimum atomic E-state index is -0.320. The minimum absolute atomic E-state index is 0.102. The highest BCUT2D eigenvalue weighted by Gasteiger charge is 2.17. The molecule has 8 nitrogen and oxygen atoms in total. The zero-order chi connectivity index (χ0) is 16.9. The molecule has 1 aliphatic rings. The molecule has 128 valence electrons. The van der Waals surface area contributed by atoms with Gasteiger partial charge in [0, 0.05) is 24.8 Å². The fourth-order valence-electron chi connectivity index (χ4n) is 2.16. The predicted octanol–water partition coefficient (Wildman–Crippen LogP) is 0.733. The van der Waals surface area contributed by atoms with Crippen LogP contribution in [0, 0.1) is 6.92 Å². The number of aromatic nitrogens is 2. The lowest BCUT2D eigenvalue weighted by Crippen LogP contribution is -2.46. The van der Waals surface area contributed by atoms with Gasteiger partial charge in [0.2, 0.25) is 11.9 Å². The molecular weight excluding hydrogens is 296 g/mol. The smallest absolute Gasteiger partial charge is 0.240 e. The van der Waals surface area contributed by atoms with Gasteiger partial charge in [0.1, 0.15) is 0 Å². The highest BCUT2D eigenvalue weighted by atomic mass is 16.5. The number of aryl methyl sites for hydroxylation is 1. The molecule has 1 saturated heterocycles. The van der Waals surface area contributed by atoms with E-state index in [9.17, 15) is 4.79 Å². The summed E-state index contributed by atoms with van der Waals surface area (Å²) in [6, 6.07) is 1.85. The number of H-pyrrole nitrogens is 1. The second-order valence-electron chi connectivity index (χ2n) is 6.63. The van der Waals surface area contributed by atoms with Gasteiger partial charge >= 0.3 is 0 Å². The second kappa shape index (κ2) is 7.56. The number of nitrogens with zero attached hydrogens (tertiary/aromatic N) is 3. The van der Waals surface area contributed by atoms with E-state index in [1.807, 2.05) is 33.8 Å². The molecule has 1 aliphatic heterocycles. The molecule has 0 radical (unpaired) electrons. The number of ether oxygens (including phenoxy) is 1. The van der Waals surface area contributed by atoms with Crippen LogP contribution in [0.5, 0.6) is 0 Å². The van der Waals surface area contributed by atoms with Gasteiger partial charge in [0.25, 0.3) is 0 Å². The van der Waals surface area contributed by atoms with Gasteiger partial charge in [-0.15, -0.1) is 0 Å². The number of hydrogen-bond donors (Lipinski definition) is 3. The summed E-state index contributed by atoms with van der Waals surface area (Å²) in [6.45, 7) is 11.0. The first-order valence-electron chi connectivity index (χ1n) is 7.81. The number of aliphatic imine (C=N–C) groups is 1. The minimum Gasteiger partial charge on any atom is -0.379 e. The van der Waals surface area contributed by atoms with Crippen molar-refractivity contribution in [2.45, 2.75) is 33.2 Å². The summed E-state index contributed by atoms with van der Waals surface area (Å²) in [6.07, 6.45) is 0. The van der Waals surface area contributed by atoms with E-state index in [0.717, 1.165) is 18.8 Å². The third-order valence-electron chi connectivity index (χ3n) is 3.13. The quantitative estimate of drug-likeness (QED) is 0.563. The van der Waals surface area contributed by atoms with E-state index in [2.05, 4.69) is 30.7 Å². The van der Waals surface area contributed by atoms with Gasteiger partial charge in [0.15, 0.2) is 5.82 Å². The molecule has 0 saturated carbocycles. The van der Waals surface area contributed by atoms with Crippen molar-refractivity contribution in [3.63, 3.8) is 0 Å². The maximum atomic E-state index is 12.3. The van der Waals surface area contributed by atoms with Crippen molar-refractivity contribution in [3.05, 3.63) is 11.8 Å². The van der Waals surface area contributed by atoms with Gasteiger partial charge in [-0.2, -0.15) is 5.10 Å².